The molecule has 0 aromatic heterocycles. The number of hydrogen-bond acceptors (Lipinski definition) is 7. The van der Waals surface area contributed by atoms with E-state index in [2.05, 4.69) is 10.5 Å². The average molecular weight is 387 g/mol. The molecule has 0 saturated carbocycles. The second kappa shape index (κ2) is 11.6. The summed E-state index contributed by atoms with van der Waals surface area (Å²) in [5.41, 5.74) is 0. The van der Waals surface area contributed by atoms with E-state index in [4.69, 9.17) is 5.11 Å². The van der Waals surface area contributed by atoms with Gasteiger partial charge < -0.3 is 15.3 Å². The topological polar surface area (TPSA) is 133 Å². The van der Waals surface area contributed by atoms with Gasteiger partial charge in [-0.2, -0.15) is 4.91 Å². The standard InChI is InChI=1S/C16H25N3O6S/c1-11(15(22)19-8-4-5-12(19)16(23)24)10-26-14(21)9-17-13(20)6-2-3-7-18-25/h11-12H,2-10H2,1H3,(H,17,20)(H,23,24)/t11-,12+/m1/s1. The molecule has 146 valence electrons. The highest BCUT2D eigenvalue weighted by atomic mass is 32.2. The molecule has 1 aliphatic heterocycles. The largest absolute Gasteiger partial charge is 0.480 e. The van der Waals surface area contributed by atoms with Crippen molar-refractivity contribution in [2.75, 3.05) is 25.4 Å². The summed E-state index contributed by atoms with van der Waals surface area (Å²) in [6.07, 6.45) is 2.41. The van der Waals surface area contributed by atoms with Gasteiger partial charge in [0, 0.05) is 24.6 Å². The van der Waals surface area contributed by atoms with Crippen LogP contribution in [0.4, 0.5) is 0 Å². The van der Waals surface area contributed by atoms with Crippen LogP contribution in [0, 0.1) is 10.8 Å². The van der Waals surface area contributed by atoms with Gasteiger partial charge in [-0.25, -0.2) is 4.79 Å². The number of nitrogens with one attached hydrogen (secondary N) is 1. The van der Waals surface area contributed by atoms with Crippen molar-refractivity contribution >= 4 is 34.7 Å². The molecule has 0 bridgehead atoms. The zero-order chi connectivity index (χ0) is 19.5. The first-order valence-electron chi connectivity index (χ1n) is 8.61. The summed E-state index contributed by atoms with van der Waals surface area (Å²) in [5, 5.41) is 14.1. The number of carbonyl (C=O) groups is 4. The van der Waals surface area contributed by atoms with Crippen LogP contribution in [0.1, 0.15) is 39.0 Å². The molecular formula is C16H25N3O6S. The van der Waals surface area contributed by atoms with Crippen LogP contribution < -0.4 is 5.32 Å². The number of nitroso groups, excluding NO2 is 1. The molecule has 0 aromatic carbocycles. The fraction of sp³-hybridized carbons (Fsp3) is 0.750. The van der Waals surface area contributed by atoms with E-state index in [-0.39, 0.29) is 42.2 Å². The normalized spacial score (nSPS) is 17.6. The van der Waals surface area contributed by atoms with E-state index in [1.165, 1.54) is 4.90 Å². The molecule has 0 aromatic rings. The number of likely N-dealkylation sites (tertiary alicyclic amines) is 1. The molecule has 1 heterocycles. The summed E-state index contributed by atoms with van der Waals surface area (Å²) >= 11 is 0.950. The fourth-order valence-electron chi connectivity index (χ4n) is 2.63. The van der Waals surface area contributed by atoms with Crippen molar-refractivity contribution in [3.8, 4) is 0 Å². The van der Waals surface area contributed by atoms with E-state index in [1.54, 1.807) is 6.92 Å². The molecule has 1 saturated heterocycles. The Balaban J connectivity index is 2.26. The van der Waals surface area contributed by atoms with Crippen LogP contribution in [-0.4, -0.2) is 64.3 Å². The van der Waals surface area contributed by atoms with Gasteiger partial charge in [-0.05, 0) is 25.7 Å². The quantitative estimate of drug-likeness (QED) is 0.399. The summed E-state index contributed by atoms with van der Waals surface area (Å²) in [4.78, 5) is 58.1. The minimum absolute atomic E-state index is 0.127. The predicted octanol–water partition coefficient (Wildman–Crippen LogP) is 1.01. The molecule has 0 aliphatic carbocycles. The Labute approximate surface area is 156 Å². The molecule has 0 spiro atoms. The number of nitrogens with zero attached hydrogens (tertiary/aromatic N) is 2. The Hall–Kier alpha value is -1.97. The average Bonchev–Trinajstić information content (AvgIpc) is 3.10. The first-order valence-corrected chi connectivity index (χ1v) is 9.60. The lowest BCUT2D eigenvalue weighted by Crippen LogP contribution is -2.43. The fourth-order valence-corrected chi connectivity index (χ4v) is 3.38. The van der Waals surface area contributed by atoms with Crippen LogP contribution in [0.25, 0.3) is 0 Å². The zero-order valence-electron chi connectivity index (χ0n) is 14.8. The minimum atomic E-state index is -1.00. The molecular weight excluding hydrogens is 362 g/mol. The number of hydrogen-bond donors (Lipinski definition) is 2. The highest BCUT2D eigenvalue weighted by Gasteiger charge is 2.35. The highest BCUT2D eigenvalue weighted by Crippen LogP contribution is 2.21. The Morgan fingerprint density at radius 3 is 2.69 bits per heavy atom. The Morgan fingerprint density at radius 2 is 2.04 bits per heavy atom. The van der Waals surface area contributed by atoms with Crippen molar-refractivity contribution in [2.45, 2.75) is 45.1 Å². The molecule has 9 nitrogen and oxygen atoms in total. The van der Waals surface area contributed by atoms with Gasteiger partial charge in [0.25, 0.3) is 0 Å². The lowest BCUT2D eigenvalue weighted by molar-refractivity contribution is -0.149. The summed E-state index contributed by atoms with van der Waals surface area (Å²) < 4.78 is 0. The number of thioether (sulfide) groups is 1. The maximum atomic E-state index is 12.3. The third kappa shape index (κ3) is 7.51. The molecule has 0 radical (unpaired) electrons. The van der Waals surface area contributed by atoms with Crippen molar-refractivity contribution in [1.29, 1.82) is 0 Å². The Morgan fingerprint density at radius 1 is 1.31 bits per heavy atom. The number of aliphatic carboxylic acids is 1. The number of unbranched alkanes of at least 4 members (excludes halogenated alkanes) is 1. The van der Waals surface area contributed by atoms with Gasteiger partial charge in [-0.15, -0.1) is 0 Å². The lowest BCUT2D eigenvalue weighted by atomic mass is 10.1. The second-order valence-electron chi connectivity index (χ2n) is 6.20. The van der Waals surface area contributed by atoms with E-state index in [0.29, 0.717) is 32.2 Å². The van der Waals surface area contributed by atoms with Crippen LogP contribution in [0.15, 0.2) is 5.18 Å². The molecule has 2 atom stereocenters. The number of carboxylic acids is 1. The number of amides is 2. The Kier molecular flexibility index (Phi) is 9.85. The summed E-state index contributed by atoms with van der Waals surface area (Å²) in [6, 6.07) is -0.778. The van der Waals surface area contributed by atoms with E-state index in [1.807, 2.05) is 0 Å². The summed E-state index contributed by atoms with van der Waals surface area (Å²) in [7, 11) is 0. The van der Waals surface area contributed by atoms with Gasteiger partial charge >= 0.3 is 5.97 Å². The minimum Gasteiger partial charge on any atom is -0.480 e. The van der Waals surface area contributed by atoms with Crippen molar-refractivity contribution in [3.05, 3.63) is 4.91 Å². The monoisotopic (exact) mass is 387 g/mol. The number of rotatable bonds is 11. The smallest absolute Gasteiger partial charge is 0.326 e. The molecule has 10 heteroatoms. The van der Waals surface area contributed by atoms with Crippen LogP contribution >= 0.6 is 11.8 Å². The summed E-state index contributed by atoms with van der Waals surface area (Å²) in [6.45, 7) is 2.14. The van der Waals surface area contributed by atoms with Crippen LogP contribution in [0.2, 0.25) is 0 Å². The molecule has 1 fully saturated rings. The van der Waals surface area contributed by atoms with Crippen molar-refractivity contribution in [3.63, 3.8) is 0 Å². The maximum absolute atomic E-state index is 12.3. The van der Waals surface area contributed by atoms with E-state index in [9.17, 15) is 24.1 Å². The van der Waals surface area contributed by atoms with E-state index >= 15 is 0 Å². The molecule has 1 rings (SSSR count). The number of carboxylic acid groups (broad SMARTS) is 1. The number of carbonyl (C=O) groups excluding carboxylic acids is 3. The van der Waals surface area contributed by atoms with Crippen molar-refractivity contribution in [1.82, 2.24) is 10.2 Å². The molecule has 2 N–H and O–H groups in total. The van der Waals surface area contributed by atoms with Gasteiger partial charge in [0.1, 0.15) is 6.04 Å². The maximum Gasteiger partial charge on any atom is 0.326 e. The third-order valence-corrected chi connectivity index (χ3v) is 5.20. The van der Waals surface area contributed by atoms with Gasteiger partial charge in [0.15, 0.2) is 0 Å². The van der Waals surface area contributed by atoms with Crippen molar-refractivity contribution < 1.29 is 24.3 Å². The molecule has 2 amide bonds. The second-order valence-corrected chi connectivity index (χ2v) is 7.28. The van der Waals surface area contributed by atoms with Crippen molar-refractivity contribution in [2.24, 2.45) is 11.1 Å². The van der Waals surface area contributed by atoms with Crippen LogP contribution in [0.3, 0.4) is 0 Å². The third-order valence-electron chi connectivity index (χ3n) is 4.07. The molecule has 1 aliphatic rings. The zero-order valence-corrected chi connectivity index (χ0v) is 15.6. The van der Waals surface area contributed by atoms with Crippen LogP contribution in [0.5, 0.6) is 0 Å². The SMILES string of the molecule is C[C@H](CSC(=O)CNC(=O)CCCCN=O)C(=O)N1CCC[C@H]1C(=O)O. The predicted molar refractivity (Wildman–Crippen MR) is 96.5 cm³/mol. The molecule has 0 unspecified atom stereocenters. The van der Waals surface area contributed by atoms with E-state index < -0.39 is 17.9 Å². The Bertz CT molecular complexity index is 542. The van der Waals surface area contributed by atoms with Crippen LogP contribution in [-0.2, 0) is 19.2 Å². The van der Waals surface area contributed by atoms with Gasteiger partial charge in [0.2, 0.25) is 16.9 Å². The van der Waals surface area contributed by atoms with Gasteiger partial charge in [-0.3, -0.25) is 14.4 Å². The lowest BCUT2D eigenvalue weighted by Gasteiger charge is -2.24. The first kappa shape index (κ1) is 22.1. The van der Waals surface area contributed by atoms with Gasteiger partial charge in [-0.1, -0.05) is 23.9 Å². The van der Waals surface area contributed by atoms with E-state index in [0.717, 1.165) is 11.8 Å². The highest BCUT2D eigenvalue weighted by molar-refractivity contribution is 8.13. The van der Waals surface area contributed by atoms with Gasteiger partial charge in [0.05, 0.1) is 13.1 Å². The first-order chi connectivity index (χ1) is 12.4. The molecule has 26 heavy (non-hydrogen) atoms. The summed E-state index contributed by atoms with van der Waals surface area (Å²) in [5.74, 6) is -1.77.